The van der Waals surface area contributed by atoms with Crippen molar-refractivity contribution >= 4 is 23.1 Å². The second kappa shape index (κ2) is 5.34. The van der Waals surface area contributed by atoms with Crippen LogP contribution in [0.15, 0.2) is 24.3 Å². The summed E-state index contributed by atoms with van der Waals surface area (Å²) in [4.78, 5) is 14.2. The number of hydrogen-bond donors (Lipinski definition) is 1. The maximum atomic E-state index is 10.8. The lowest BCUT2D eigenvalue weighted by Crippen LogP contribution is -1.99. The Kier molecular flexibility index (Phi) is 3.76. The predicted octanol–water partition coefficient (Wildman–Crippen LogP) is 3.63. The molecule has 20 heavy (non-hydrogen) atoms. The molecule has 0 unspecified atom stereocenters. The number of nitrogens with zero attached hydrogens (tertiary/aromatic N) is 2. The fourth-order valence-electron chi connectivity index (χ4n) is 1.83. The third kappa shape index (κ3) is 2.97. The van der Waals surface area contributed by atoms with Gasteiger partial charge in [-0.2, -0.15) is 4.98 Å². The molecule has 1 aromatic heterocycles. The van der Waals surface area contributed by atoms with Crippen LogP contribution < -0.4 is 10.5 Å². The van der Waals surface area contributed by atoms with E-state index in [9.17, 15) is 10.1 Å². The summed E-state index contributed by atoms with van der Waals surface area (Å²) < 4.78 is 5.61. The van der Waals surface area contributed by atoms with Gasteiger partial charge in [0.05, 0.1) is 17.1 Å². The van der Waals surface area contributed by atoms with Crippen LogP contribution in [0.25, 0.3) is 0 Å². The number of halogens is 1. The van der Waals surface area contributed by atoms with Gasteiger partial charge in [-0.25, -0.2) is 0 Å². The molecule has 0 fully saturated rings. The van der Waals surface area contributed by atoms with E-state index in [1.165, 1.54) is 12.1 Å². The monoisotopic (exact) mass is 293 g/mol. The van der Waals surface area contributed by atoms with Crippen LogP contribution in [0, 0.1) is 24.0 Å². The first-order chi connectivity index (χ1) is 9.36. The summed E-state index contributed by atoms with van der Waals surface area (Å²) >= 11 is 5.94. The van der Waals surface area contributed by atoms with Crippen molar-refractivity contribution in [3.63, 3.8) is 0 Å². The Morgan fingerprint density at radius 3 is 2.40 bits per heavy atom. The standard InChI is InChI=1S/C13H12ClN3O3/c1-7-3-9(14)4-8(2)13(7)20-12-6-10(17(18)19)5-11(15)16-12/h3-6H,1-2H3,(H2,15,16). The predicted molar refractivity (Wildman–Crippen MR) is 76.3 cm³/mol. The van der Waals surface area contributed by atoms with Gasteiger partial charge in [-0.05, 0) is 37.1 Å². The summed E-state index contributed by atoms with van der Waals surface area (Å²) in [5.41, 5.74) is 6.98. The highest BCUT2D eigenvalue weighted by Crippen LogP contribution is 2.32. The number of anilines is 1. The molecule has 0 saturated carbocycles. The Bertz CT molecular complexity index is 666. The smallest absolute Gasteiger partial charge is 0.278 e. The van der Waals surface area contributed by atoms with E-state index in [0.717, 1.165) is 11.1 Å². The molecule has 0 aliphatic rings. The molecule has 1 aromatic carbocycles. The molecule has 7 heteroatoms. The summed E-state index contributed by atoms with van der Waals surface area (Å²) in [7, 11) is 0. The number of nitrogen functional groups attached to an aromatic ring is 1. The number of aromatic nitrogens is 1. The molecule has 6 nitrogen and oxygen atoms in total. The van der Waals surface area contributed by atoms with Crippen molar-refractivity contribution in [2.75, 3.05) is 5.73 Å². The lowest BCUT2D eigenvalue weighted by Gasteiger charge is -2.11. The van der Waals surface area contributed by atoms with Crippen LogP contribution in [-0.4, -0.2) is 9.91 Å². The van der Waals surface area contributed by atoms with E-state index in [2.05, 4.69) is 4.98 Å². The normalized spacial score (nSPS) is 10.3. The molecule has 1 heterocycles. The molecular weight excluding hydrogens is 282 g/mol. The Labute approximate surface area is 120 Å². The number of benzene rings is 1. The lowest BCUT2D eigenvalue weighted by atomic mass is 10.1. The van der Waals surface area contributed by atoms with E-state index < -0.39 is 4.92 Å². The average molecular weight is 294 g/mol. The fourth-order valence-corrected chi connectivity index (χ4v) is 2.16. The maximum Gasteiger partial charge on any atom is 0.278 e. The van der Waals surface area contributed by atoms with Crippen LogP contribution in [0.2, 0.25) is 5.02 Å². The van der Waals surface area contributed by atoms with Gasteiger partial charge in [-0.15, -0.1) is 0 Å². The third-order valence-electron chi connectivity index (χ3n) is 2.65. The highest BCUT2D eigenvalue weighted by Gasteiger charge is 2.13. The van der Waals surface area contributed by atoms with E-state index in [-0.39, 0.29) is 17.4 Å². The van der Waals surface area contributed by atoms with Gasteiger partial charge < -0.3 is 10.5 Å². The van der Waals surface area contributed by atoms with Gasteiger partial charge in [0, 0.05) is 5.02 Å². The molecule has 0 radical (unpaired) electrons. The number of rotatable bonds is 3. The molecule has 0 bridgehead atoms. The molecule has 2 rings (SSSR count). The zero-order valence-corrected chi connectivity index (χ0v) is 11.6. The Hall–Kier alpha value is -2.34. The van der Waals surface area contributed by atoms with E-state index in [0.29, 0.717) is 10.8 Å². The summed E-state index contributed by atoms with van der Waals surface area (Å²) in [6.45, 7) is 3.66. The third-order valence-corrected chi connectivity index (χ3v) is 2.87. The minimum absolute atomic E-state index is 0.0264. The van der Waals surface area contributed by atoms with Gasteiger partial charge in [-0.1, -0.05) is 11.6 Å². The number of ether oxygens (including phenoxy) is 1. The highest BCUT2D eigenvalue weighted by atomic mass is 35.5. The molecule has 0 spiro atoms. The Balaban J connectivity index is 2.42. The number of nitro groups is 1. The van der Waals surface area contributed by atoms with Crippen molar-refractivity contribution < 1.29 is 9.66 Å². The first-order valence-electron chi connectivity index (χ1n) is 5.73. The largest absolute Gasteiger partial charge is 0.438 e. The summed E-state index contributed by atoms with van der Waals surface area (Å²) in [6.07, 6.45) is 0. The van der Waals surface area contributed by atoms with Crippen molar-refractivity contribution in [3.8, 4) is 11.6 Å². The minimum atomic E-state index is -0.549. The molecule has 0 atom stereocenters. The van der Waals surface area contributed by atoms with E-state index >= 15 is 0 Å². The van der Waals surface area contributed by atoms with Crippen molar-refractivity contribution in [2.45, 2.75) is 13.8 Å². The van der Waals surface area contributed by atoms with Gasteiger partial charge in [0.1, 0.15) is 11.6 Å². The molecule has 0 saturated heterocycles. The van der Waals surface area contributed by atoms with Crippen LogP contribution in [0.1, 0.15) is 11.1 Å². The van der Waals surface area contributed by atoms with Crippen LogP contribution >= 0.6 is 11.6 Å². The van der Waals surface area contributed by atoms with Gasteiger partial charge in [-0.3, -0.25) is 10.1 Å². The summed E-state index contributed by atoms with van der Waals surface area (Å²) in [5.74, 6) is 0.658. The average Bonchev–Trinajstić information content (AvgIpc) is 2.33. The molecule has 2 aromatic rings. The zero-order chi connectivity index (χ0) is 14.9. The van der Waals surface area contributed by atoms with Crippen molar-refractivity contribution in [1.82, 2.24) is 4.98 Å². The lowest BCUT2D eigenvalue weighted by molar-refractivity contribution is -0.384. The quantitative estimate of drug-likeness (QED) is 0.689. The van der Waals surface area contributed by atoms with Crippen molar-refractivity contribution in [3.05, 3.63) is 50.5 Å². The van der Waals surface area contributed by atoms with E-state index in [4.69, 9.17) is 22.1 Å². The van der Waals surface area contributed by atoms with Crippen molar-refractivity contribution in [2.24, 2.45) is 0 Å². The molecule has 0 aliphatic carbocycles. The second-order valence-electron chi connectivity index (χ2n) is 4.32. The van der Waals surface area contributed by atoms with Gasteiger partial charge in [0.15, 0.2) is 0 Å². The molecule has 104 valence electrons. The van der Waals surface area contributed by atoms with Gasteiger partial charge in [0.25, 0.3) is 5.69 Å². The first kappa shape index (κ1) is 14.1. The molecular formula is C13H12ClN3O3. The second-order valence-corrected chi connectivity index (χ2v) is 4.75. The Morgan fingerprint density at radius 1 is 1.25 bits per heavy atom. The van der Waals surface area contributed by atoms with Crippen LogP contribution in [0.4, 0.5) is 11.5 Å². The Morgan fingerprint density at radius 2 is 1.85 bits per heavy atom. The molecule has 0 amide bonds. The zero-order valence-electron chi connectivity index (χ0n) is 10.9. The minimum Gasteiger partial charge on any atom is -0.438 e. The van der Waals surface area contributed by atoms with Crippen LogP contribution in [0.5, 0.6) is 11.6 Å². The SMILES string of the molecule is Cc1cc(Cl)cc(C)c1Oc1cc([N+](=O)[O-])cc(N)n1. The van der Waals surface area contributed by atoms with Gasteiger partial charge >= 0.3 is 0 Å². The van der Waals surface area contributed by atoms with Crippen LogP contribution in [0.3, 0.4) is 0 Å². The number of pyridine rings is 1. The highest BCUT2D eigenvalue weighted by molar-refractivity contribution is 6.30. The van der Waals surface area contributed by atoms with E-state index in [1.807, 2.05) is 13.8 Å². The number of nitrogens with two attached hydrogens (primary N) is 1. The first-order valence-corrected chi connectivity index (χ1v) is 6.11. The fraction of sp³-hybridized carbons (Fsp3) is 0.154. The maximum absolute atomic E-state index is 10.8. The van der Waals surface area contributed by atoms with Crippen LogP contribution in [-0.2, 0) is 0 Å². The van der Waals surface area contributed by atoms with Crippen molar-refractivity contribution in [1.29, 1.82) is 0 Å². The number of hydrogen-bond acceptors (Lipinski definition) is 5. The summed E-state index contributed by atoms with van der Waals surface area (Å²) in [6, 6.07) is 5.88. The molecule has 0 aliphatic heterocycles. The summed E-state index contributed by atoms with van der Waals surface area (Å²) in [5, 5.41) is 11.4. The topological polar surface area (TPSA) is 91.3 Å². The molecule has 2 N–H and O–H groups in total. The van der Waals surface area contributed by atoms with E-state index in [1.54, 1.807) is 12.1 Å². The number of aryl methyl sites for hydroxylation is 2. The van der Waals surface area contributed by atoms with Gasteiger partial charge in [0.2, 0.25) is 5.88 Å².